The van der Waals surface area contributed by atoms with Crippen molar-refractivity contribution in [2.45, 2.75) is 59.3 Å². The minimum absolute atomic E-state index is 0.370. The molecule has 2 aromatic rings. The molecule has 3 N–H and O–H groups in total. The van der Waals surface area contributed by atoms with Crippen LogP contribution in [0.4, 0.5) is 0 Å². The van der Waals surface area contributed by atoms with E-state index in [2.05, 4.69) is 136 Å². The summed E-state index contributed by atoms with van der Waals surface area (Å²) in [4.78, 5) is 32.9. The molecular formula is C36H36I6O9. The van der Waals surface area contributed by atoms with E-state index >= 15 is 0 Å². The number of allylic oxidation sites excluding steroid dienone is 6. The van der Waals surface area contributed by atoms with E-state index in [1.165, 1.54) is 39.6 Å². The number of carbonyl (C=O) groups excluding carboxylic acids is 3. The van der Waals surface area contributed by atoms with Gasteiger partial charge in [-0.2, -0.15) is 0 Å². The van der Waals surface area contributed by atoms with Crippen molar-refractivity contribution in [3.8, 4) is 0 Å². The number of ether oxygens (including phenoxy) is 3. The van der Waals surface area contributed by atoms with E-state index in [9.17, 15) is 14.4 Å². The van der Waals surface area contributed by atoms with Gasteiger partial charge in [-0.05, 0) is 244 Å². The van der Waals surface area contributed by atoms with Crippen molar-refractivity contribution >= 4 is 153 Å². The number of halogens is 6. The van der Waals surface area contributed by atoms with Crippen molar-refractivity contribution in [3.63, 3.8) is 0 Å². The fourth-order valence-corrected chi connectivity index (χ4v) is 13.2. The zero-order valence-electron chi connectivity index (χ0n) is 27.7. The number of benzene rings is 2. The molecule has 0 saturated carbocycles. The van der Waals surface area contributed by atoms with Gasteiger partial charge in [0.2, 0.25) is 0 Å². The quantitative estimate of drug-likeness (QED) is 0.0688. The fourth-order valence-electron chi connectivity index (χ4n) is 4.19. The molecule has 0 fully saturated rings. The Bertz CT molecular complexity index is 1470. The molecule has 0 bridgehead atoms. The molecule has 0 spiro atoms. The van der Waals surface area contributed by atoms with E-state index in [0.29, 0.717) is 38.5 Å². The highest BCUT2D eigenvalue weighted by atomic mass is 127. The predicted molar refractivity (Wildman–Crippen MR) is 249 cm³/mol. The van der Waals surface area contributed by atoms with Crippen molar-refractivity contribution in [2.24, 2.45) is 0 Å². The van der Waals surface area contributed by atoms with Gasteiger partial charge in [0.1, 0.15) is 0 Å². The maximum atomic E-state index is 11.0. The maximum Gasteiger partial charge on any atom is 0.307 e. The van der Waals surface area contributed by atoms with Crippen LogP contribution in [0.15, 0.2) is 74.0 Å². The van der Waals surface area contributed by atoms with Crippen LogP contribution in [0.3, 0.4) is 0 Å². The van der Waals surface area contributed by atoms with Gasteiger partial charge in [-0.1, -0.05) is 0 Å². The number of hydrogen-bond acceptors (Lipinski definition) is 9. The average molecular weight is 1370 g/mol. The largest absolute Gasteiger partial charge is 0.516 e. The van der Waals surface area contributed by atoms with Gasteiger partial charge in [0.15, 0.2) is 0 Å². The molecule has 0 aromatic heterocycles. The molecule has 0 saturated heterocycles. The van der Waals surface area contributed by atoms with Crippen LogP contribution >= 0.6 is 136 Å². The standard InChI is InChI=1S/C21H21I3O6.C15H15I3O3/c1-13(25)28-10-4-7-16-19(22)17(8-5-11-29-14(2)26)21(24)18(20(16)23)9-6-12-30-15(3)27;16-13-10(4-1-7-19)14(17)12(6-3-9-21)15(18)11(13)5-2-8-20/h4-6,10-12H,7-9H2,1-3H3;1-3,7-9,19-21H,4-6H2. The molecule has 0 aliphatic heterocycles. The van der Waals surface area contributed by atoms with Crippen LogP contribution < -0.4 is 0 Å². The Balaban J connectivity index is 0.000000543. The lowest BCUT2D eigenvalue weighted by Gasteiger charge is -2.18. The number of rotatable bonds is 15. The van der Waals surface area contributed by atoms with Crippen molar-refractivity contribution in [2.75, 3.05) is 0 Å². The third-order valence-electron chi connectivity index (χ3n) is 6.42. The molecule has 51 heavy (non-hydrogen) atoms. The van der Waals surface area contributed by atoms with Gasteiger partial charge < -0.3 is 29.5 Å². The Morgan fingerprint density at radius 2 is 0.588 bits per heavy atom. The molecule has 9 nitrogen and oxygen atoms in total. The van der Waals surface area contributed by atoms with E-state index in [0.717, 1.165) is 73.6 Å². The molecule has 0 atom stereocenters. The first-order chi connectivity index (χ1) is 24.2. The predicted octanol–water partition coefficient (Wildman–Crippen LogP) is 10.7. The van der Waals surface area contributed by atoms with E-state index in [1.54, 1.807) is 36.5 Å². The number of hydrogen-bond donors (Lipinski definition) is 3. The van der Waals surface area contributed by atoms with Crippen LogP contribution in [-0.2, 0) is 67.1 Å². The van der Waals surface area contributed by atoms with Gasteiger partial charge in [0.05, 0.1) is 37.6 Å². The molecule has 0 radical (unpaired) electrons. The molecule has 0 unspecified atom stereocenters. The second-order valence-corrected chi connectivity index (χ2v) is 16.6. The summed E-state index contributed by atoms with van der Waals surface area (Å²) < 4.78 is 21.4. The SMILES string of the molecule is CC(=O)OC=CCc1c(I)c(CC=COC(C)=O)c(I)c(CC=COC(C)=O)c1I.OC=CCc1c(I)c(CC=CO)c(I)c(CC=CO)c1I. The van der Waals surface area contributed by atoms with Crippen molar-refractivity contribution < 1.29 is 43.9 Å². The Hall–Kier alpha value is -0.930. The summed E-state index contributed by atoms with van der Waals surface area (Å²) in [5.41, 5.74) is 6.78. The Morgan fingerprint density at radius 1 is 0.412 bits per heavy atom. The molecule has 0 aliphatic rings. The van der Waals surface area contributed by atoms with Crippen molar-refractivity contribution in [3.05, 3.63) is 129 Å². The normalized spacial score (nSPS) is 11.7. The van der Waals surface area contributed by atoms with E-state index < -0.39 is 0 Å². The van der Waals surface area contributed by atoms with Gasteiger partial charge in [0.25, 0.3) is 0 Å². The number of carbonyl (C=O) groups is 3. The highest BCUT2D eigenvalue weighted by molar-refractivity contribution is 14.1. The molecule has 2 rings (SSSR count). The van der Waals surface area contributed by atoms with E-state index in [1.807, 2.05) is 0 Å². The summed E-state index contributed by atoms with van der Waals surface area (Å²) in [6, 6.07) is 0. The molecule has 2 aromatic carbocycles. The smallest absolute Gasteiger partial charge is 0.307 e. The number of esters is 3. The monoisotopic (exact) mass is 1370 g/mol. The first kappa shape index (κ1) is 48.1. The van der Waals surface area contributed by atoms with Crippen LogP contribution in [0, 0.1) is 21.4 Å². The zero-order valence-corrected chi connectivity index (χ0v) is 40.7. The second-order valence-electron chi connectivity index (χ2n) is 10.1. The van der Waals surface area contributed by atoms with Crippen LogP contribution in [-0.4, -0.2) is 33.2 Å². The van der Waals surface area contributed by atoms with Gasteiger partial charge in [-0.15, -0.1) is 0 Å². The van der Waals surface area contributed by atoms with Crippen LogP contribution in [0.5, 0.6) is 0 Å². The Labute approximate surface area is 380 Å². The number of aliphatic hydroxyl groups excluding tert-OH is 3. The molecule has 15 heteroatoms. The van der Waals surface area contributed by atoms with Crippen molar-refractivity contribution in [1.29, 1.82) is 0 Å². The van der Waals surface area contributed by atoms with E-state index in [4.69, 9.17) is 29.5 Å². The van der Waals surface area contributed by atoms with E-state index in [-0.39, 0.29) is 17.9 Å². The summed E-state index contributed by atoms with van der Waals surface area (Å²) >= 11 is 13.9. The summed E-state index contributed by atoms with van der Waals surface area (Å²) in [6.07, 6.45) is 21.6. The summed E-state index contributed by atoms with van der Waals surface area (Å²) in [7, 11) is 0. The third-order valence-corrected chi connectivity index (χ3v) is 14.2. The summed E-state index contributed by atoms with van der Waals surface area (Å²) in [5, 5.41) is 26.7. The average Bonchev–Trinajstić information content (AvgIpc) is 3.07. The molecule has 0 amide bonds. The molecule has 0 aliphatic carbocycles. The zero-order chi connectivity index (χ0) is 38.5. The first-order valence-corrected chi connectivity index (χ1v) is 21.4. The van der Waals surface area contributed by atoms with Crippen LogP contribution in [0.2, 0.25) is 0 Å². The minimum atomic E-state index is -0.370. The molecular weight excluding hydrogens is 1340 g/mol. The van der Waals surface area contributed by atoms with Gasteiger partial charge >= 0.3 is 17.9 Å². The fraction of sp³-hybridized carbons (Fsp3) is 0.250. The first-order valence-electron chi connectivity index (χ1n) is 14.9. The van der Waals surface area contributed by atoms with Crippen molar-refractivity contribution in [1.82, 2.24) is 0 Å². The topological polar surface area (TPSA) is 140 Å². The number of aliphatic hydroxyl groups is 3. The Morgan fingerprint density at radius 3 is 0.745 bits per heavy atom. The van der Waals surface area contributed by atoms with Crippen LogP contribution in [0.1, 0.15) is 54.2 Å². The van der Waals surface area contributed by atoms with Gasteiger partial charge in [0, 0.05) is 42.2 Å². The Kier molecular flexibility index (Phi) is 25.3. The van der Waals surface area contributed by atoms with Gasteiger partial charge in [-0.3, -0.25) is 14.4 Å². The highest BCUT2D eigenvalue weighted by Crippen LogP contribution is 2.35. The lowest BCUT2D eigenvalue weighted by atomic mass is 9.99. The lowest BCUT2D eigenvalue weighted by molar-refractivity contribution is -0.136. The summed E-state index contributed by atoms with van der Waals surface area (Å²) in [6.45, 7) is 4.05. The highest BCUT2D eigenvalue weighted by Gasteiger charge is 2.19. The maximum absolute atomic E-state index is 11.0. The van der Waals surface area contributed by atoms with Gasteiger partial charge in [-0.25, -0.2) is 0 Å². The molecule has 0 heterocycles. The summed E-state index contributed by atoms with van der Waals surface area (Å²) in [5.74, 6) is -1.11. The molecule has 276 valence electrons. The minimum Gasteiger partial charge on any atom is -0.516 e. The second kappa shape index (κ2) is 26.8. The third kappa shape index (κ3) is 17.0. The van der Waals surface area contributed by atoms with Crippen LogP contribution in [0.25, 0.3) is 0 Å². The lowest BCUT2D eigenvalue weighted by Crippen LogP contribution is -2.07.